The Balaban J connectivity index is 2.17. The monoisotopic (exact) mass is 492 g/mol. The van der Waals surface area contributed by atoms with E-state index in [-0.39, 0.29) is 17.7 Å². The fraction of sp³-hybridized carbons (Fsp3) is 0.316. The predicted octanol–water partition coefficient (Wildman–Crippen LogP) is 5.01. The molecule has 2 rings (SSSR count). The maximum Gasteiger partial charge on any atom is 0.255 e. The minimum Gasteiger partial charge on any atom is -0.490 e. The van der Waals surface area contributed by atoms with Crippen molar-refractivity contribution >= 4 is 45.0 Å². The van der Waals surface area contributed by atoms with Crippen molar-refractivity contribution in [2.24, 2.45) is 5.73 Å². The third-order valence-electron chi connectivity index (χ3n) is 3.85. The quantitative estimate of drug-likeness (QED) is 0.481. The van der Waals surface area contributed by atoms with E-state index in [2.05, 4.69) is 21.2 Å². The molecule has 3 N–H and O–H groups in total. The summed E-state index contributed by atoms with van der Waals surface area (Å²) >= 11 is 15.4. The first-order valence-electron chi connectivity index (χ1n) is 8.47. The summed E-state index contributed by atoms with van der Waals surface area (Å²) in [6, 6.07) is 6.13. The van der Waals surface area contributed by atoms with Gasteiger partial charge in [-0.1, -0.05) is 23.2 Å². The highest BCUT2D eigenvalue weighted by Crippen LogP contribution is 2.37. The SMILES string of the molecule is CCOc1cc(CNC(C)c2cc(F)c(Cl)cc2Cl)cc(Br)c1OCC(N)=O. The molecule has 9 heteroatoms. The van der Waals surface area contributed by atoms with Crippen molar-refractivity contribution in [3.8, 4) is 11.5 Å². The summed E-state index contributed by atoms with van der Waals surface area (Å²) in [5, 5.41) is 3.65. The second-order valence-electron chi connectivity index (χ2n) is 5.98. The highest BCUT2D eigenvalue weighted by molar-refractivity contribution is 9.10. The molecule has 0 aromatic heterocycles. The van der Waals surface area contributed by atoms with Crippen LogP contribution in [0, 0.1) is 5.82 Å². The van der Waals surface area contributed by atoms with Gasteiger partial charge in [-0.2, -0.15) is 0 Å². The molecule has 0 fully saturated rings. The lowest BCUT2D eigenvalue weighted by Gasteiger charge is -2.18. The number of amides is 1. The van der Waals surface area contributed by atoms with Crippen LogP contribution in [0.2, 0.25) is 10.0 Å². The number of carbonyl (C=O) groups excluding carboxylic acids is 1. The Hall–Kier alpha value is -1.54. The van der Waals surface area contributed by atoms with Crippen molar-refractivity contribution < 1.29 is 18.7 Å². The Morgan fingerprint density at radius 1 is 1.25 bits per heavy atom. The lowest BCUT2D eigenvalue weighted by molar-refractivity contribution is -0.119. The molecule has 0 bridgehead atoms. The summed E-state index contributed by atoms with van der Waals surface area (Å²) in [4.78, 5) is 11.0. The number of primary amides is 1. The van der Waals surface area contributed by atoms with Gasteiger partial charge in [-0.25, -0.2) is 4.39 Å². The van der Waals surface area contributed by atoms with E-state index in [1.54, 1.807) is 6.07 Å². The normalized spacial score (nSPS) is 11.9. The number of carbonyl (C=O) groups is 1. The van der Waals surface area contributed by atoms with E-state index in [1.807, 2.05) is 19.9 Å². The zero-order valence-corrected chi connectivity index (χ0v) is 18.4. The van der Waals surface area contributed by atoms with Gasteiger partial charge in [-0.3, -0.25) is 4.79 Å². The first-order chi connectivity index (χ1) is 13.2. The van der Waals surface area contributed by atoms with Crippen molar-refractivity contribution in [2.75, 3.05) is 13.2 Å². The van der Waals surface area contributed by atoms with E-state index in [1.165, 1.54) is 12.1 Å². The van der Waals surface area contributed by atoms with Gasteiger partial charge in [0.2, 0.25) is 0 Å². The number of benzene rings is 2. The van der Waals surface area contributed by atoms with Crippen molar-refractivity contribution in [1.82, 2.24) is 5.32 Å². The van der Waals surface area contributed by atoms with E-state index >= 15 is 0 Å². The molecule has 28 heavy (non-hydrogen) atoms. The largest absolute Gasteiger partial charge is 0.490 e. The second-order valence-corrected chi connectivity index (χ2v) is 7.65. The topological polar surface area (TPSA) is 73.6 Å². The van der Waals surface area contributed by atoms with E-state index in [0.29, 0.717) is 39.7 Å². The van der Waals surface area contributed by atoms with Crippen LogP contribution >= 0.6 is 39.1 Å². The molecular formula is C19H20BrCl2FN2O3. The molecule has 0 radical (unpaired) electrons. The summed E-state index contributed by atoms with van der Waals surface area (Å²) in [5.74, 6) is -0.216. The number of hydrogen-bond donors (Lipinski definition) is 2. The smallest absolute Gasteiger partial charge is 0.255 e. The third kappa shape index (κ3) is 5.98. The van der Waals surface area contributed by atoms with E-state index in [0.717, 1.165) is 5.56 Å². The van der Waals surface area contributed by atoms with Gasteiger partial charge in [0.25, 0.3) is 5.91 Å². The molecule has 1 amide bonds. The summed E-state index contributed by atoms with van der Waals surface area (Å²) < 4.78 is 25.4. The number of ether oxygens (including phenoxy) is 2. The zero-order chi connectivity index (χ0) is 20.8. The molecule has 1 unspecified atom stereocenters. The van der Waals surface area contributed by atoms with Gasteiger partial charge in [0.05, 0.1) is 16.1 Å². The molecule has 0 aliphatic rings. The minimum atomic E-state index is -0.582. The Morgan fingerprint density at radius 2 is 1.96 bits per heavy atom. The van der Waals surface area contributed by atoms with Crippen LogP contribution in [-0.4, -0.2) is 19.1 Å². The van der Waals surface area contributed by atoms with Crippen molar-refractivity contribution in [1.29, 1.82) is 0 Å². The molecule has 0 saturated heterocycles. The first-order valence-corrected chi connectivity index (χ1v) is 10.0. The maximum absolute atomic E-state index is 13.8. The molecule has 0 saturated carbocycles. The fourth-order valence-corrected chi connectivity index (χ4v) is 3.67. The maximum atomic E-state index is 13.8. The molecule has 1 atom stereocenters. The van der Waals surface area contributed by atoms with Crippen molar-refractivity contribution in [2.45, 2.75) is 26.4 Å². The van der Waals surface area contributed by atoms with Gasteiger partial charge >= 0.3 is 0 Å². The van der Waals surface area contributed by atoms with Crippen LogP contribution in [0.5, 0.6) is 11.5 Å². The van der Waals surface area contributed by atoms with E-state index < -0.39 is 11.7 Å². The van der Waals surface area contributed by atoms with E-state index in [9.17, 15) is 9.18 Å². The molecule has 5 nitrogen and oxygen atoms in total. The molecule has 0 aliphatic heterocycles. The Labute approximate surface area is 181 Å². The second kappa shape index (κ2) is 10.3. The average Bonchev–Trinajstić information content (AvgIpc) is 2.62. The third-order valence-corrected chi connectivity index (χ3v) is 5.05. The highest BCUT2D eigenvalue weighted by atomic mass is 79.9. The van der Waals surface area contributed by atoms with Crippen LogP contribution in [0.3, 0.4) is 0 Å². The zero-order valence-electron chi connectivity index (χ0n) is 15.3. The van der Waals surface area contributed by atoms with Crippen LogP contribution in [0.25, 0.3) is 0 Å². The summed E-state index contributed by atoms with van der Waals surface area (Å²) in [5.41, 5.74) is 6.63. The van der Waals surface area contributed by atoms with Crippen molar-refractivity contribution in [3.63, 3.8) is 0 Å². The molecule has 0 aliphatic carbocycles. The summed E-state index contributed by atoms with van der Waals surface area (Å²) in [7, 11) is 0. The standard InChI is InChI=1S/C19H20BrCl2FN2O3/c1-3-27-17-5-11(4-13(20)19(17)28-9-18(24)26)8-25-10(2)12-6-16(23)15(22)7-14(12)21/h4-7,10,25H,3,8-9H2,1-2H3,(H2,24,26). The Kier molecular flexibility index (Phi) is 8.37. The Morgan fingerprint density at radius 3 is 2.61 bits per heavy atom. The number of hydrogen-bond acceptors (Lipinski definition) is 4. The number of nitrogens with one attached hydrogen (secondary N) is 1. The Bertz CT molecular complexity index is 868. The van der Waals surface area contributed by atoms with Gasteiger partial charge in [-0.15, -0.1) is 0 Å². The van der Waals surface area contributed by atoms with Crippen LogP contribution in [0.1, 0.15) is 31.0 Å². The van der Waals surface area contributed by atoms with Crippen molar-refractivity contribution in [3.05, 3.63) is 55.7 Å². The summed E-state index contributed by atoms with van der Waals surface area (Å²) in [6.45, 7) is 4.34. The fourth-order valence-electron chi connectivity index (χ4n) is 2.52. The van der Waals surface area contributed by atoms with Gasteiger partial charge in [-0.05, 0) is 65.2 Å². The molecule has 152 valence electrons. The molecular weight excluding hydrogens is 474 g/mol. The number of nitrogens with two attached hydrogens (primary N) is 1. The number of rotatable bonds is 9. The average molecular weight is 494 g/mol. The minimum absolute atomic E-state index is 0.0159. The van der Waals surface area contributed by atoms with Gasteiger partial charge in [0.1, 0.15) is 5.82 Å². The number of halogens is 4. The lowest BCUT2D eigenvalue weighted by Crippen LogP contribution is -2.21. The highest BCUT2D eigenvalue weighted by Gasteiger charge is 2.16. The summed E-state index contributed by atoms with van der Waals surface area (Å²) in [6.07, 6.45) is 0. The van der Waals surface area contributed by atoms with Gasteiger partial charge in [0.15, 0.2) is 18.1 Å². The van der Waals surface area contributed by atoms with E-state index in [4.69, 9.17) is 38.4 Å². The molecule has 2 aromatic carbocycles. The van der Waals surface area contributed by atoms with Gasteiger partial charge in [0, 0.05) is 17.6 Å². The van der Waals surface area contributed by atoms with Gasteiger partial charge < -0.3 is 20.5 Å². The van der Waals surface area contributed by atoms with Crippen LogP contribution in [0.4, 0.5) is 4.39 Å². The first kappa shape index (κ1) is 22.7. The molecule has 0 spiro atoms. The lowest BCUT2D eigenvalue weighted by atomic mass is 10.1. The predicted molar refractivity (Wildman–Crippen MR) is 112 cm³/mol. The molecule has 0 heterocycles. The van der Waals surface area contributed by atoms with Crippen LogP contribution < -0.4 is 20.5 Å². The van der Waals surface area contributed by atoms with Crippen LogP contribution in [-0.2, 0) is 11.3 Å². The molecule has 2 aromatic rings. The van der Waals surface area contributed by atoms with Crippen LogP contribution in [0.15, 0.2) is 28.7 Å².